The van der Waals surface area contributed by atoms with Crippen LogP contribution in [0.15, 0.2) is 30.3 Å². The third-order valence-corrected chi connectivity index (χ3v) is 3.46. The van der Waals surface area contributed by atoms with Gasteiger partial charge in [-0.1, -0.05) is 30.3 Å². The predicted octanol–water partition coefficient (Wildman–Crippen LogP) is 1.93. The average Bonchev–Trinajstić information content (AvgIpc) is 2.26. The molecule has 15 heavy (non-hydrogen) atoms. The first kappa shape index (κ1) is 12.1. The Morgan fingerprint density at radius 2 is 2.07 bits per heavy atom. The molecule has 82 valence electrons. The fraction of sp³-hybridized carbons (Fsp3) is 0.364. The van der Waals surface area contributed by atoms with Crippen molar-refractivity contribution in [2.45, 2.75) is 18.1 Å². The topological polar surface area (TPSA) is 63.3 Å². The first-order chi connectivity index (χ1) is 7.11. The molecule has 0 aliphatic heterocycles. The van der Waals surface area contributed by atoms with Crippen molar-refractivity contribution in [3.8, 4) is 0 Å². The Bertz CT molecular complexity index is 316. The van der Waals surface area contributed by atoms with E-state index in [1.54, 1.807) is 6.92 Å². The predicted molar refractivity (Wildman–Crippen MR) is 62.5 cm³/mol. The molecule has 0 aliphatic carbocycles. The van der Waals surface area contributed by atoms with Crippen molar-refractivity contribution < 1.29 is 9.90 Å². The summed E-state index contributed by atoms with van der Waals surface area (Å²) in [6.45, 7) is 1.63. The minimum absolute atomic E-state index is 0.359. The second-order valence-electron chi connectivity index (χ2n) is 3.39. The molecule has 2 unspecified atom stereocenters. The molecule has 1 aromatic rings. The fourth-order valence-corrected chi connectivity index (χ4v) is 2.03. The molecule has 3 N–H and O–H groups in total. The summed E-state index contributed by atoms with van der Waals surface area (Å²) in [5.41, 5.74) is 6.91. The minimum atomic E-state index is -0.844. The van der Waals surface area contributed by atoms with Crippen LogP contribution in [0.2, 0.25) is 0 Å². The summed E-state index contributed by atoms with van der Waals surface area (Å²) in [4.78, 5) is 10.7. The number of carboxylic acid groups (broad SMARTS) is 1. The standard InChI is InChI=1S/C11H15NO2S/c1-8(11(13)14)10(12)15-7-9-5-3-2-4-6-9/h2-6,8,10H,7,12H2,1H3,(H,13,14). The first-order valence-electron chi connectivity index (χ1n) is 4.75. The Labute approximate surface area is 93.7 Å². The number of hydrogen-bond donors (Lipinski definition) is 2. The van der Waals surface area contributed by atoms with Gasteiger partial charge in [-0.3, -0.25) is 4.79 Å². The lowest BCUT2D eigenvalue weighted by atomic mass is 10.2. The molecule has 0 amide bonds. The average molecular weight is 225 g/mol. The maximum absolute atomic E-state index is 10.7. The molecule has 1 aromatic carbocycles. The third-order valence-electron chi connectivity index (χ3n) is 2.17. The number of thioether (sulfide) groups is 1. The molecule has 1 rings (SSSR count). The van der Waals surface area contributed by atoms with Crippen molar-refractivity contribution in [2.75, 3.05) is 0 Å². The lowest BCUT2D eigenvalue weighted by Gasteiger charge is -2.15. The number of carboxylic acids is 1. The van der Waals surface area contributed by atoms with Gasteiger partial charge in [-0.05, 0) is 12.5 Å². The SMILES string of the molecule is CC(C(=O)O)C(N)SCc1ccccc1. The zero-order valence-electron chi connectivity index (χ0n) is 8.59. The van der Waals surface area contributed by atoms with Crippen LogP contribution < -0.4 is 5.73 Å². The van der Waals surface area contributed by atoms with E-state index in [9.17, 15) is 4.79 Å². The van der Waals surface area contributed by atoms with Crippen molar-refractivity contribution in [2.24, 2.45) is 11.7 Å². The number of carbonyl (C=O) groups is 1. The Hall–Kier alpha value is -1.00. The second kappa shape index (κ2) is 5.78. The lowest BCUT2D eigenvalue weighted by Crippen LogP contribution is -2.30. The van der Waals surface area contributed by atoms with E-state index < -0.39 is 11.9 Å². The van der Waals surface area contributed by atoms with Crippen LogP contribution in [-0.2, 0) is 10.5 Å². The van der Waals surface area contributed by atoms with E-state index in [4.69, 9.17) is 10.8 Å². The highest BCUT2D eigenvalue weighted by Gasteiger charge is 2.19. The van der Waals surface area contributed by atoms with Gasteiger partial charge in [0.15, 0.2) is 0 Å². The number of rotatable bonds is 5. The van der Waals surface area contributed by atoms with Crippen LogP contribution in [0.5, 0.6) is 0 Å². The highest BCUT2D eigenvalue weighted by Crippen LogP contribution is 2.19. The Morgan fingerprint density at radius 1 is 1.47 bits per heavy atom. The van der Waals surface area contributed by atoms with E-state index >= 15 is 0 Å². The fourth-order valence-electron chi connectivity index (χ4n) is 1.05. The highest BCUT2D eigenvalue weighted by molar-refractivity contribution is 7.99. The van der Waals surface area contributed by atoms with Crippen LogP contribution in [0.3, 0.4) is 0 Å². The minimum Gasteiger partial charge on any atom is -0.481 e. The molecule has 0 aromatic heterocycles. The van der Waals surface area contributed by atoms with Crippen LogP contribution in [0.1, 0.15) is 12.5 Å². The summed E-state index contributed by atoms with van der Waals surface area (Å²) in [5.74, 6) is -0.610. The van der Waals surface area contributed by atoms with Crippen molar-refractivity contribution in [1.29, 1.82) is 0 Å². The quantitative estimate of drug-likeness (QED) is 0.751. The Balaban J connectivity index is 2.41. The molecule has 0 aliphatic rings. The van der Waals surface area contributed by atoms with E-state index in [2.05, 4.69) is 0 Å². The van der Waals surface area contributed by atoms with Crippen LogP contribution in [-0.4, -0.2) is 16.4 Å². The van der Waals surface area contributed by atoms with E-state index in [1.807, 2.05) is 30.3 Å². The molecule has 0 bridgehead atoms. The number of hydrogen-bond acceptors (Lipinski definition) is 3. The maximum atomic E-state index is 10.7. The third kappa shape index (κ3) is 3.93. The van der Waals surface area contributed by atoms with Gasteiger partial charge in [0.05, 0.1) is 11.3 Å². The summed E-state index contributed by atoms with van der Waals surface area (Å²) in [5, 5.41) is 8.40. The zero-order chi connectivity index (χ0) is 11.3. The molecule has 0 saturated carbocycles. The van der Waals surface area contributed by atoms with E-state index in [0.29, 0.717) is 0 Å². The Kier molecular flexibility index (Phi) is 4.65. The van der Waals surface area contributed by atoms with Gasteiger partial charge in [0.2, 0.25) is 0 Å². The molecule has 0 radical (unpaired) electrons. The molecule has 4 heteroatoms. The zero-order valence-corrected chi connectivity index (χ0v) is 9.41. The number of nitrogens with two attached hydrogens (primary N) is 1. The number of aliphatic carboxylic acids is 1. The van der Waals surface area contributed by atoms with Gasteiger partial charge < -0.3 is 10.8 Å². The van der Waals surface area contributed by atoms with Gasteiger partial charge in [0.25, 0.3) is 0 Å². The molecule has 0 spiro atoms. The number of benzene rings is 1. The van der Waals surface area contributed by atoms with E-state index in [1.165, 1.54) is 11.8 Å². The summed E-state index contributed by atoms with van der Waals surface area (Å²) in [6.07, 6.45) is 0. The molecule has 3 nitrogen and oxygen atoms in total. The van der Waals surface area contributed by atoms with E-state index in [0.717, 1.165) is 11.3 Å². The molecule has 0 saturated heterocycles. The smallest absolute Gasteiger partial charge is 0.308 e. The first-order valence-corrected chi connectivity index (χ1v) is 5.80. The van der Waals surface area contributed by atoms with Crippen molar-refractivity contribution in [3.63, 3.8) is 0 Å². The van der Waals surface area contributed by atoms with E-state index in [-0.39, 0.29) is 5.37 Å². The van der Waals surface area contributed by atoms with Crippen LogP contribution in [0.25, 0.3) is 0 Å². The van der Waals surface area contributed by atoms with Gasteiger partial charge in [-0.15, -0.1) is 11.8 Å². The molecule has 2 atom stereocenters. The van der Waals surface area contributed by atoms with Gasteiger partial charge >= 0.3 is 5.97 Å². The van der Waals surface area contributed by atoms with Crippen LogP contribution in [0, 0.1) is 5.92 Å². The molecular formula is C11H15NO2S. The monoisotopic (exact) mass is 225 g/mol. The summed E-state index contributed by atoms with van der Waals surface area (Å²) >= 11 is 1.46. The largest absolute Gasteiger partial charge is 0.481 e. The van der Waals surface area contributed by atoms with Crippen LogP contribution >= 0.6 is 11.8 Å². The highest BCUT2D eigenvalue weighted by atomic mass is 32.2. The maximum Gasteiger partial charge on any atom is 0.308 e. The molecule has 0 heterocycles. The van der Waals surface area contributed by atoms with Crippen molar-refractivity contribution >= 4 is 17.7 Å². The Morgan fingerprint density at radius 3 is 2.60 bits per heavy atom. The molecular weight excluding hydrogens is 210 g/mol. The van der Waals surface area contributed by atoms with Gasteiger partial charge in [-0.2, -0.15) is 0 Å². The normalized spacial score (nSPS) is 14.5. The van der Waals surface area contributed by atoms with Gasteiger partial charge in [0, 0.05) is 5.75 Å². The van der Waals surface area contributed by atoms with Gasteiger partial charge in [-0.25, -0.2) is 0 Å². The lowest BCUT2D eigenvalue weighted by molar-refractivity contribution is -0.141. The van der Waals surface area contributed by atoms with Crippen LogP contribution in [0.4, 0.5) is 0 Å². The molecule has 0 fully saturated rings. The summed E-state index contributed by atoms with van der Waals surface area (Å²) in [6, 6.07) is 9.88. The van der Waals surface area contributed by atoms with Crippen molar-refractivity contribution in [1.82, 2.24) is 0 Å². The van der Waals surface area contributed by atoms with Gasteiger partial charge in [0.1, 0.15) is 0 Å². The van der Waals surface area contributed by atoms with Crippen molar-refractivity contribution in [3.05, 3.63) is 35.9 Å². The second-order valence-corrected chi connectivity index (χ2v) is 4.55. The summed E-state index contributed by atoms with van der Waals surface area (Å²) in [7, 11) is 0. The summed E-state index contributed by atoms with van der Waals surface area (Å²) < 4.78 is 0.